The van der Waals surface area contributed by atoms with Crippen molar-refractivity contribution in [2.75, 3.05) is 17.7 Å². The van der Waals surface area contributed by atoms with Gasteiger partial charge in [-0.3, -0.25) is 14.9 Å². The normalized spacial score (nSPS) is 10.0. The minimum absolute atomic E-state index is 0.0108. The maximum absolute atomic E-state index is 13.2. The van der Waals surface area contributed by atoms with Gasteiger partial charge in [0.05, 0.1) is 10.5 Å². The number of benzene rings is 2. The minimum Gasteiger partial charge on any atom is -0.452 e. The van der Waals surface area contributed by atoms with Crippen molar-refractivity contribution >= 4 is 28.9 Å². The summed E-state index contributed by atoms with van der Waals surface area (Å²) in [6.45, 7) is -0.603. The van der Waals surface area contributed by atoms with Crippen molar-refractivity contribution < 1.29 is 23.6 Å². The van der Waals surface area contributed by atoms with Gasteiger partial charge in [0.1, 0.15) is 0 Å². The van der Waals surface area contributed by atoms with Crippen LogP contribution in [0.1, 0.15) is 10.4 Å². The molecule has 0 aliphatic carbocycles. The van der Waals surface area contributed by atoms with E-state index in [1.807, 2.05) is 0 Å². The lowest BCUT2D eigenvalue weighted by Crippen LogP contribution is -2.21. The molecular formula is C15H12FN3O5. The van der Waals surface area contributed by atoms with Crippen LogP contribution in [0.2, 0.25) is 0 Å². The summed E-state index contributed by atoms with van der Waals surface area (Å²) in [6, 6.07) is 8.78. The van der Waals surface area contributed by atoms with Crippen LogP contribution in [-0.4, -0.2) is 23.4 Å². The highest BCUT2D eigenvalue weighted by Gasteiger charge is 2.16. The largest absolute Gasteiger partial charge is 0.452 e. The molecule has 9 heteroatoms. The van der Waals surface area contributed by atoms with Gasteiger partial charge in [-0.15, -0.1) is 0 Å². The van der Waals surface area contributed by atoms with Gasteiger partial charge in [0.15, 0.2) is 6.61 Å². The number of esters is 1. The molecule has 0 saturated heterocycles. The number of nitro benzene ring substituents is 1. The Balaban J connectivity index is 1.94. The number of nitrogen functional groups attached to an aromatic ring is 1. The molecule has 0 fully saturated rings. The number of hydrogen-bond donors (Lipinski definition) is 2. The number of nitrogens with two attached hydrogens (primary N) is 1. The molecule has 0 radical (unpaired) electrons. The third kappa shape index (κ3) is 4.26. The van der Waals surface area contributed by atoms with Crippen molar-refractivity contribution in [3.8, 4) is 0 Å². The van der Waals surface area contributed by atoms with Crippen LogP contribution in [0.3, 0.4) is 0 Å². The van der Waals surface area contributed by atoms with E-state index in [-0.39, 0.29) is 11.3 Å². The zero-order valence-electron chi connectivity index (χ0n) is 12.2. The molecular weight excluding hydrogens is 321 g/mol. The van der Waals surface area contributed by atoms with E-state index < -0.39 is 34.9 Å². The molecule has 0 bridgehead atoms. The Morgan fingerprint density at radius 1 is 1.21 bits per heavy atom. The van der Waals surface area contributed by atoms with E-state index in [1.165, 1.54) is 24.3 Å². The fourth-order valence-corrected chi connectivity index (χ4v) is 1.76. The lowest BCUT2D eigenvalue weighted by molar-refractivity contribution is -0.387. The summed E-state index contributed by atoms with van der Waals surface area (Å²) in [5.74, 6) is -2.47. The van der Waals surface area contributed by atoms with Gasteiger partial charge in [-0.25, -0.2) is 4.79 Å². The average molecular weight is 333 g/mol. The number of nitrogens with one attached hydrogen (secondary N) is 1. The second-order valence-corrected chi connectivity index (χ2v) is 4.67. The molecule has 0 atom stereocenters. The van der Waals surface area contributed by atoms with Crippen LogP contribution in [0, 0.1) is 15.9 Å². The highest BCUT2D eigenvalue weighted by molar-refractivity contribution is 5.95. The predicted octanol–water partition coefficient (Wildman–Crippen LogP) is 2.11. The zero-order valence-corrected chi connectivity index (χ0v) is 12.2. The highest BCUT2D eigenvalue weighted by atomic mass is 19.1. The molecule has 2 aromatic carbocycles. The molecule has 1 amide bonds. The van der Waals surface area contributed by atoms with Gasteiger partial charge < -0.3 is 15.8 Å². The van der Waals surface area contributed by atoms with Crippen LogP contribution >= 0.6 is 0 Å². The number of ether oxygens (including phenoxy) is 1. The van der Waals surface area contributed by atoms with Crippen molar-refractivity contribution in [1.82, 2.24) is 0 Å². The van der Waals surface area contributed by atoms with Crippen LogP contribution in [0.15, 0.2) is 42.5 Å². The standard InChI is InChI=1S/C15H12FN3O5/c16-12-6-5-11(7-13(12)19(22)23)18-14(20)8-24-15(21)9-1-3-10(17)4-2-9/h1-7H,8,17H2,(H,18,20). The molecule has 2 aromatic rings. The summed E-state index contributed by atoms with van der Waals surface area (Å²) in [5, 5.41) is 12.9. The van der Waals surface area contributed by atoms with Gasteiger partial charge in [0.2, 0.25) is 5.82 Å². The minimum atomic E-state index is -1.02. The van der Waals surface area contributed by atoms with Crippen LogP contribution in [0.5, 0.6) is 0 Å². The maximum atomic E-state index is 13.2. The first-order valence-electron chi connectivity index (χ1n) is 6.63. The van der Waals surface area contributed by atoms with Gasteiger partial charge >= 0.3 is 11.7 Å². The number of rotatable bonds is 5. The van der Waals surface area contributed by atoms with E-state index in [0.29, 0.717) is 5.69 Å². The Bertz CT molecular complexity index is 792. The molecule has 124 valence electrons. The van der Waals surface area contributed by atoms with Crippen molar-refractivity contribution in [2.24, 2.45) is 0 Å². The Hall–Kier alpha value is -3.49. The second-order valence-electron chi connectivity index (χ2n) is 4.67. The molecule has 0 heterocycles. The van der Waals surface area contributed by atoms with Crippen LogP contribution in [-0.2, 0) is 9.53 Å². The molecule has 2 rings (SSSR count). The number of amides is 1. The van der Waals surface area contributed by atoms with Gasteiger partial charge in [-0.1, -0.05) is 0 Å². The number of carbonyl (C=O) groups excluding carboxylic acids is 2. The number of nitrogens with zero attached hydrogens (tertiary/aromatic N) is 1. The first-order valence-corrected chi connectivity index (χ1v) is 6.63. The number of anilines is 2. The van der Waals surface area contributed by atoms with E-state index in [1.54, 1.807) is 0 Å². The summed E-state index contributed by atoms with van der Waals surface area (Å²) in [7, 11) is 0. The Labute approximate surface area is 135 Å². The lowest BCUT2D eigenvalue weighted by Gasteiger charge is -2.07. The van der Waals surface area contributed by atoms with E-state index in [2.05, 4.69) is 5.32 Å². The van der Waals surface area contributed by atoms with Crippen molar-refractivity contribution in [3.05, 3.63) is 64.0 Å². The predicted molar refractivity (Wildman–Crippen MR) is 82.8 cm³/mol. The Morgan fingerprint density at radius 3 is 2.50 bits per heavy atom. The summed E-state index contributed by atoms with van der Waals surface area (Å²) < 4.78 is 18.0. The topological polar surface area (TPSA) is 125 Å². The van der Waals surface area contributed by atoms with Crippen LogP contribution in [0.25, 0.3) is 0 Å². The zero-order chi connectivity index (χ0) is 17.7. The Kier molecular flexibility index (Phi) is 5.05. The van der Waals surface area contributed by atoms with Gasteiger partial charge in [-0.2, -0.15) is 4.39 Å². The summed E-state index contributed by atoms with van der Waals surface area (Å²) in [5.41, 5.74) is 5.42. The fraction of sp³-hybridized carbons (Fsp3) is 0.0667. The van der Waals surface area contributed by atoms with Crippen molar-refractivity contribution in [1.29, 1.82) is 0 Å². The second kappa shape index (κ2) is 7.18. The number of hydrogen-bond acceptors (Lipinski definition) is 6. The van der Waals surface area contributed by atoms with Crippen molar-refractivity contribution in [3.63, 3.8) is 0 Å². The summed E-state index contributed by atoms with van der Waals surface area (Å²) >= 11 is 0. The lowest BCUT2D eigenvalue weighted by atomic mass is 10.2. The molecule has 24 heavy (non-hydrogen) atoms. The van der Waals surface area contributed by atoms with Gasteiger partial charge in [0, 0.05) is 17.4 Å². The molecule has 8 nitrogen and oxygen atoms in total. The van der Waals surface area contributed by atoms with Crippen molar-refractivity contribution in [2.45, 2.75) is 0 Å². The SMILES string of the molecule is Nc1ccc(C(=O)OCC(=O)Nc2ccc(F)c([N+](=O)[O-])c2)cc1. The molecule has 0 spiro atoms. The third-order valence-electron chi connectivity index (χ3n) is 2.91. The van der Waals surface area contributed by atoms with E-state index in [0.717, 1.165) is 18.2 Å². The molecule has 0 aliphatic heterocycles. The van der Waals surface area contributed by atoms with E-state index in [9.17, 15) is 24.1 Å². The average Bonchev–Trinajstić information content (AvgIpc) is 2.55. The molecule has 0 aliphatic rings. The monoisotopic (exact) mass is 333 g/mol. The smallest absolute Gasteiger partial charge is 0.338 e. The van der Waals surface area contributed by atoms with E-state index in [4.69, 9.17) is 10.5 Å². The molecule has 3 N–H and O–H groups in total. The Morgan fingerprint density at radius 2 is 1.88 bits per heavy atom. The van der Waals surface area contributed by atoms with Gasteiger partial charge in [0.25, 0.3) is 5.91 Å². The van der Waals surface area contributed by atoms with Crippen LogP contribution < -0.4 is 11.1 Å². The summed E-state index contributed by atoms with van der Waals surface area (Å²) in [6.07, 6.45) is 0. The third-order valence-corrected chi connectivity index (χ3v) is 2.91. The quantitative estimate of drug-likeness (QED) is 0.374. The summed E-state index contributed by atoms with van der Waals surface area (Å²) in [4.78, 5) is 33.1. The van der Waals surface area contributed by atoms with Gasteiger partial charge in [-0.05, 0) is 36.4 Å². The molecule has 0 unspecified atom stereocenters. The number of halogens is 1. The van der Waals surface area contributed by atoms with E-state index >= 15 is 0 Å². The highest BCUT2D eigenvalue weighted by Crippen LogP contribution is 2.21. The maximum Gasteiger partial charge on any atom is 0.338 e. The van der Waals surface area contributed by atoms with Crippen LogP contribution in [0.4, 0.5) is 21.5 Å². The molecule has 0 saturated carbocycles. The first kappa shape index (κ1) is 16.9. The molecule has 0 aromatic heterocycles. The number of carbonyl (C=O) groups is 2. The fourth-order valence-electron chi connectivity index (χ4n) is 1.76. The first-order chi connectivity index (χ1) is 11.4. The number of nitro groups is 1.